The van der Waals surface area contributed by atoms with Gasteiger partial charge in [0.2, 0.25) is 0 Å². The molecule has 3 aliphatic rings. The van der Waals surface area contributed by atoms with Crippen molar-refractivity contribution in [1.82, 2.24) is 0 Å². The van der Waals surface area contributed by atoms with E-state index in [2.05, 4.69) is 270 Å². The lowest BCUT2D eigenvalue weighted by Gasteiger charge is -2.32. The average molecular weight is 1030 g/mol. The fourth-order valence-electron chi connectivity index (χ4n) is 15.0. The van der Waals surface area contributed by atoms with Gasteiger partial charge in [-0.2, -0.15) is 0 Å². The maximum atomic E-state index is 7.07. The molecule has 0 unspecified atom stereocenters. The highest BCUT2D eigenvalue weighted by atomic mass is 16.3. The van der Waals surface area contributed by atoms with Crippen LogP contribution in [0.15, 0.2) is 232 Å². The third-order valence-corrected chi connectivity index (χ3v) is 18.5. The Morgan fingerprint density at radius 1 is 0.287 bits per heavy atom. The summed E-state index contributed by atoms with van der Waals surface area (Å²) in [5.74, 6) is 0. The van der Waals surface area contributed by atoms with E-state index in [1.807, 2.05) is 0 Å². The van der Waals surface area contributed by atoms with Gasteiger partial charge in [0.05, 0.1) is 16.8 Å². The molecule has 3 aliphatic carbocycles. The first-order valence-electron chi connectivity index (χ1n) is 28.0. The van der Waals surface area contributed by atoms with Crippen molar-refractivity contribution in [3.8, 4) is 33.4 Å². The van der Waals surface area contributed by atoms with Crippen molar-refractivity contribution >= 4 is 99.9 Å². The van der Waals surface area contributed by atoms with Crippen LogP contribution in [0.4, 0.5) is 34.1 Å². The van der Waals surface area contributed by atoms with Gasteiger partial charge in [-0.3, -0.25) is 0 Å². The summed E-state index contributed by atoms with van der Waals surface area (Å²) in [5, 5.41) is 6.76. The zero-order valence-electron chi connectivity index (χ0n) is 45.4. The fourth-order valence-corrected chi connectivity index (χ4v) is 15.0. The molecule has 14 aromatic rings. The first-order valence-corrected chi connectivity index (χ1v) is 28.0. The minimum Gasteiger partial charge on any atom is -0.456 e. The van der Waals surface area contributed by atoms with Crippen LogP contribution >= 0.6 is 0 Å². The third kappa shape index (κ3) is 5.86. The van der Waals surface area contributed by atoms with Crippen LogP contribution in [0.3, 0.4) is 0 Å². The van der Waals surface area contributed by atoms with Crippen molar-refractivity contribution in [2.24, 2.45) is 0 Å². The minimum absolute atomic E-state index is 0.263. The van der Waals surface area contributed by atoms with Gasteiger partial charge < -0.3 is 23.1 Å². The predicted molar refractivity (Wildman–Crippen MR) is 330 cm³/mol. The van der Waals surface area contributed by atoms with Crippen LogP contribution in [-0.4, -0.2) is 0 Å². The largest absolute Gasteiger partial charge is 0.456 e. The van der Waals surface area contributed by atoms with Crippen molar-refractivity contribution < 1.29 is 13.3 Å². The van der Waals surface area contributed by atoms with Crippen LogP contribution in [0.25, 0.3) is 99.2 Å². The van der Waals surface area contributed by atoms with Crippen molar-refractivity contribution in [2.45, 2.75) is 57.8 Å². The monoisotopic (exact) mass is 1030 g/mol. The van der Waals surface area contributed by atoms with Gasteiger partial charge in [-0.25, -0.2) is 0 Å². The average Bonchev–Trinajstić information content (AvgIpc) is 4.20. The maximum Gasteiger partial charge on any atom is 0.160 e. The lowest BCUT2D eigenvalue weighted by Crippen LogP contribution is -2.24. The van der Waals surface area contributed by atoms with Crippen molar-refractivity contribution in [3.05, 3.63) is 252 Å². The molecule has 0 spiro atoms. The van der Waals surface area contributed by atoms with Gasteiger partial charge >= 0.3 is 0 Å². The van der Waals surface area contributed by atoms with E-state index in [4.69, 9.17) is 13.3 Å². The number of benzene rings is 11. The topological polar surface area (TPSA) is 45.9 Å². The molecule has 0 atom stereocenters. The molecule has 0 bridgehead atoms. The summed E-state index contributed by atoms with van der Waals surface area (Å²) in [6.07, 6.45) is 0. The van der Waals surface area contributed by atoms with Gasteiger partial charge in [0.25, 0.3) is 0 Å². The Morgan fingerprint density at radius 2 is 0.750 bits per heavy atom. The molecular weight excluding hydrogens is 977 g/mol. The number of rotatable bonds is 6. The molecule has 0 aliphatic heterocycles. The number of nitrogens with zero attached hydrogens (tertiary/aromatic N) is 2. The second-order valence-electron chi connectivity index (χ2n) is 23.9. The summed E-state index contributed by atoms with van der Waals surface area (Å²) in [6, 6.07) is 79.3. The Kier molecular flexibility index (Phi) is 8.97. The summed E-state index contributed by atoms with van der Waals surface area (Å²) < 4.78 is 20.8. The van der Waals surface area contributed by atoms with Gasteiger partial charge in [0.15, 0.2) is 5.58 Å². The number of hydrogen-bond donors (Lipinski definition) is 0. The smallest absolute Gasteiger partial charge is 0.160 e. The zero-order valence-corrected chi connectivity index (χ0v) is 45.4. The summed E-state index contributed by atoms with van der Waals surface area (Å²) >= 11 is 0. The van der Waals surface area contributed by atoms with E-state index in [9.17, 15) is 0 Å². The lowest BCUT2D eigenvalue weighted by molar-refractivity contribution is 0.600. The first kappa shape index (κ1) is 45.4. The molecule has 0 saturated heterocycles. The predicted octanol–water partition coefficient (Wildman–Crippen LogP) is 21.2. The van der Waals surface area contributed by atoms with Crippen LogP contribution in [0.5, 0.6) is 0 Å². The van der Waals surface area contributed by atoms with Crippen LogP contribution in [0.1, 0.15) is 74.9 Å². The molecule has 11 aromatic carbocycles. The number of hydrogen-bond acceptors (Lipinski definition) is 5. The second-order valence-corrected chi connectivity index (χ2v) is 23.9. The van der Waals surface area contributed by atoms with Gasteiger partial charge in [0, 0.05) is 71.5 Å². The Bertz CT molecular complexity index is 4950. The van der Waals surface area contributed by atoms with Crippen molar-refractivity contribution in [3.63, 3.8) is 0 Å². The number of anilines is 6. The Hall–Kier alpha value is -9.58. The quantitative estimate of drug-likeness (QED) is 0.166. The van der Waals surface area contributed by atoms with Crippen LogP contribution in [0.2, 0.25) is 0 Å². The van der Waals surface area contributed by atoms with E-state index in [0.717, 1.165) is 94.6 Å². The molecule has 0 amide bonds. The van der Waals surface area contributed by atoms with Gasteiger partial charge in [-0.15, -0.1) is 0 Å². The summed E-state index contributed by atoms with van der Waals surface area (Å²) in [4.78, 5) is 4.85. The normalized spacial score (nSPS) is 14.9. The van der Waals surface area contributed by atoms with E-state index < -0.39 is 5.41 Å². The molecular formula is C75H54N2O3. The molecule has 5 nitrogen and oxygen atoms in total. The highest BCUT2D eigenvalue weighted by molar-refractivity contribution is 6.22. The lowest BCUT2D eigenvalue weighted by atomic mass is 9.72. The summed E-state index contributed by atoms with van der Waals surface area (Å²) in [6.45, 7) is 14.5. The van der Waals surface area contributed by atoms with E-state index in [1.165, 1.54) is 72.1 Å². The van der Waals surface area contributed by atoms with E-state index in [-0.39, 0.29) is 10.8 Å². The van der Waals surface area contributed by atoms with Crippen molar-refractivity contribution in [1.29, 1.82) is 0 Å². The SMILES string of the molecule is CC1(C)c2cc(N(c3ccc4c(c3)C(C)(C)c3c5c(c6oc7ccccc7c6c3-4)-c3ccccc3C5(C)C)c3cccc4oc5ccccc5c34)ccc2-c2c1cc(N(c1ccccc1)c1ccccc1)c1oc3ccccc3c21. The second kappa shape index (κ2) is 15.8. The molecule has 382 valence electrons. The maximum absolute atomic E-state index is 7.07. The Balaban J connectivity index is 0.909. The first-order chi connectivity index (χ1) is 39.0. The van der Waals surface area contributed by atoms with Crippen LogP contribution in [0, 0.1) is 0 Å². The molecule has 3 aromatic heterocycles. The van der Waals surface area contributed by atoms with Crippen LogP contribution < -0.4 is 9.80 Å². The van der Waals surface area contributed by atoms with Gasteiger partial charge in [-0.05, 0) is 146 Å². The van der Waals surface area contributed by atoms with Gasteiger partial charge in [-0.1, -0.05) is 175 Å². The molecule has 3 heterocycles. The number of fused-ring (bicyclic) bond motifs is 22. The fraction of sp³-hybridized carbons (Fsp3) is 0.120. The van der Waals surface area contributed by atoms with E-state index in [0.29, 0.717) is 0 Å². The van der Waals surface area contributed by atoms with Gasteiger partial charge in [0.1, 0.15) is 27.9 Å². The highest BCUT2D eigenvalue weighted by Crippen LogP contribution is 2.64. The molecule has 0 fully saturated rings. The summed E-state index contributed by atoms with van der Waals surface area (Å²) in [5.41, 5.74) is 26.0. The molecule has 0 N–H and O–H groups in total. The molecule has 5 heteroatoms. The Labute approximate surface area is 463 Å². The van der Waals surface area contributed by atoms with E-state index >= 15 is 0 Å². The zero-order chi connectivity index (χ0) is 53.6. The van der Waals surface area contributed by atoms with Crippen molar-refractivity contribution in [2.75, 3.05) is 9.80 Å². The molecule has 0 radical (unpaired) electrons. The van der Waals surface area contributed by atoms with E-state index in [1.54, 1.807) is 0 Å². The van der Waals surface area contributed by atoms with Crippen LogP contribution in [-0.2, 0) is 16.2 Å². The molecule has 80 heavy (non-hydrogen) atoms. The molecule has 0 saturated carbocycles. The number of para-hydroxylation sites is 5. The summed E-state index contributed by atoms with van der Waals surface area (Å²) in [7, 11) is 0. The minimum atomic E-state index is -0.424. The standard InChI is InChI=1S/C75H54N2O3/c1-73(2)54-40-45(36-38-48(54)63-56(73)42-58(71-66(63)51-28-15-19-33-60(51)79-71)76(43-22-9-7-10-23-43)44-24-11-8-12-25-44)77(57-31-21-35-62-64(57)50-27-14-18-32-59(50)78-62)46-37-39-49-55(41-46)75(5,6)69-65(49)67-52-29-16-20-34-61(52)80-72(67)68-47-26-13-17-30-53(47)74(3,4)70(68)69/h7-42H,1-6H3. The third-order valence-electron chi connectivity index (χ3n) is 18.5. The molecule has 17 rings (SSSR count). The number of furan rings is 3. The Morgan fingerprint density at radius 3 is 1.40 bits per heavy atom. The highest BCUT2D eigenvalue weighted by Gasteiger charge is 2.49.